The fraction of sp³-hybridized carbons (Fsp3) is 0.450. The minimum absolute atomic E-state index is 0.0564. The quantitative estimate of drug-likeness (QED) is 0.788. The number of amides is 2. The molecule has 0 N–H and O–H groups in total. The van der Waals surface area contributed by atoms with E-state index in [4.69, 9.17) is 16.3 Å². The summed E-state index contributed by atoms with van der Waals surface area (Å²) in [6.07, 6.45) is 7.58. The second-order valence-corrected chi connectivity index (χ2v) is 7.72. The maximum absolute atomic E-state index is 13.0. The molecule has 0 saturated carbocycles. The van der Waals surface area contributed by atoms with Crippen LogP contribution in [0.25, 0.3) is 0 Å². The first kappa shape index (κ1) is 18.8. The van der Waals surface area contributed by atoms with Crippen LogP contribution in [0.5, 0.6) is 5.75 Å². The number of rotatable bonds is 4. The lowest BCUT2D eigenvalue weighted by molar-refractivity contribution is -0.137. The number of likely N-dealkylation sites (tertiary alicyclic amines) is 1. The Morgan fingerprint density at radius 3 is 2.75 bits per heavy atom. The average Bonchev–Trinajstić information content (AvgIpc) is 3.37. The second kappa shape index (κ2) is 7.83. The molecule has 0 bridgehead atoms. The SMILES string of the molecule is COc1ccc(Cl)cc1N1CC(C(=O)N2CCC(n3ccnc3)CC2)CC1=O. The highest BCUT2D eigenvalue weighted by molar-refractivity contribution is 6.31. The van der Waals surface area contributed by atoms with E-state index >= 15 is 0 Å². The molecule has 7 nitrogen and oxygen atoms in total. The van der Waals surface area contributed by atoms with E-state index in [1.807, 2.05) is 17.4 Å². The van der Waals surface area contributed by atoms with E-state index in [-0.39, 0.29) is 24.2 Å². The Labute approximate surface area is 168 Å². The fourth-order valence-electron chi connectivity index (χ4n) is 4.11. The number of imidazole rings is 1. The molecule has 1 atom stereocenters. The minimum atomic E-state index is -0.332. The number of halogens is 1. The van der Waals surface area contributed by atoms with Crippen molar-refractivity contribution in [2.24, 2.45) is 5.92 Å². The van der Waals surface area contributed by atoms with Gasteiger partial charge in [0.25, 0.3) is 0 Å². The molecule has 4 rings (SSSR count). The van der Waals surface area contributed by atoms with E-state index in [0.717, 1.165) is 12.8 Å². The maximum atomic E-state index is 13.0. The predicted octanol–water partition coefficient (Wildman–Crippen LogP) is 2.76. The molecule has 1 aromatic carbocycles. The fourth-order valence-corrected chi connectivity index (χ4v) is 4.27. The summed E-state index contributed by atoms with van der Waals surface area (Å²) in [4.78, 5) is 33.2. The van der Waals surface area contributed by atoms with Gasteiger partial charge in [-0.25, -0.2) is 4.98 Å². The zero-order valence-corrected chi connectivity index (χ0v) is 16.5. The van der Waals surface area contributed by atoms with Gasteiger partial charge in [0.05, 0.1) is 25.0 Å². The van der Waals surface area contributed by atoms with Gasteiger partial charge in [-0.2, -0.15) is 0 Å². The third kappa shape index (κ3) is 3.58. The lowest BCUT2D eigenvalue weighted by Gasteiger charge is -2.34. The number of ether oxygens (including phenoxy) is 1. The topological polar surface area (TPSA) is 67.7 Å². The highest BCUT2D eigenvalue weighted by Crippen LogP contribution is 2.36. The molecule has 148 valence electrons. The van der Waals surface area contributed by atoms with E-state index in [1.54, 1.807) is 36.4 Å². The highest BCUT2D eigenvalue weighted by Gasteiger charge is 2.39. The van der Waals surface area contributed by atoms with Crippen LogP contribution in [0.1, 0.15) is 25.3 Å². The van der Waals surface area contributed by atoms with E-state index in [9.17, 15) is 9.59 Å². The molecule has 8 heteroatoms. The number of benzene rings is 1. The number of carbonyl (C=O) groups is 2. The van der Waals surface area contributed by atoms with Crippen LogP contribution in [0.15, 0.2) is 36.9 Å². The molecule has 2 amide bonds. The molecule has 3 heterocycles. The van der Waals surface area contributed by atoms with Crippen LogP contribution in [0, 0.1) is 5.92 Å². The summed E-state index contributed by atoms with van der Waals surface area (Å²) in [5.41, 5.74) is 0.620. The molecular weight excluding hydrogens is 380 g/mol. The van der Waals surface area contributed by atoms with Gasteiger partial charge in [-0.05, 0) is 31.0 Å². The predicted molar refractivity (Wildman–Crippen MR) is 106 cm³/mol. The number of hydrogen-bond donors (Lipinski definition) is 0. The molecule has 28 heavy (non-hydrogen) atoms. The van der Waals surface area contributed by atoms with Crippen molar-refractivity contribution in [3.63, 3.8) is 0 Å². The van der Waals surface area contributed by atoms with Crippen molar-refractivity contribution in [3.8, 4) is 5.75 Å². The van der Waals surface area contributed by atoms with Crippen molar-refractivity contribution in [3.05, 3.63) is 41.9 Å². The van der Waals surface area contributed by atoms with Crippen LogP contribution in [-0.2, 0) is 9.59 Å². The van der Waals surface area contributed by atoms with Gasteiger partial charge in [0.2, 0.25) is 11.8 Å². The Kier molecular flexibility index (Phi) is 5.26. The molecule has 2 fully saturated rings. The maximum Gasteiger partial charge on any atom is 0.228 e. The summed E-state index contributed by atoms with van der Waals surface area (Å²) in [5.74, 6) is 0.223. The van der Waals surface area contributed by atoms with E-state index in [0.29, 0.717) is 42.1 Å². The molecule has 2 aliphatic heterocycles. The highest BCUT2D eigenvalue weighted by atomic mass is 35.5. The monoisotopic (exact) mass is 402 g/mol. The Bertz CT molecular complexity index is 862. The number of methoxy groups -OCH3 is 1. The second-order valence-electron chi connectivity index (χ2n) is 7.29. The lowest BCUT2D eigenvalue weighted by Crippen LogP contribution is -2.42. The molecule has 2 aromatic rings. The van der Waals surface area contributed by atoms with Gasteiger partial charge in [0.1, 0.15) is 5.75 Å². The average molecular weight is 403 g/mol. The van der Waals surface area contributed by atoms with Gasteiger partial charge in [0.15, 0.2) is 0 Å². The van der Waals surface area contributed by atoms with Crippen LogP contribution in [-0.4, -0.2) is 53.0 Å². The van der Waals surface area contributed by atoms with Crippen molar-refractivity contribution in [2.75, 3.05) is 31.6 Å². The minimum Gasteiger partial charge on any atom is -0.495 e. The number of piperidine rings is 1. The summed E-state index contributed by atoms with van der Waals surface area (Å²) in [6, 6.07) is 5.55. The van der Waals surface area contributed by atoms with Crippen LogP contribution >= 0.6 is 11.6 Å². The van der Waals surface area contributed by atoms with Crippen molar-refractivity contribution < 1.29 is 14.3 Å². The van der Waals surface area contributed by atoms with Gasteiger partial charge < -0.3 is 19.1 Å². The summed E-state index contributed by atoms with van der Waals surface area (Å²) in [6.45, 7) is 1.76. The number of anilines is 1. The molecule has 0 radical (unpaired) electrons. The smallest absolute Gasteiger partial charge is 0.228 e. The van der Waals surface area contributed by atoms with Gasteiger partial charge >= 0.3 is 0 Å². The molecule has 0 spiro atoms. The molecule has 2 aliphatic rings. The van der Waals surface area contributed by atoms with Gasteiger partial charge in [0, 0.05) is 49.5 Å². The number of hydrogen-bond acceptors (Lipinski definition) is 4. The number of nitrogens with zero attached hydrogens (tertiary/aromatic N) is 4. The third-order valence-electron chi connectivity index (χ3n) is 5.63. The van der Waals surface area contributed by atoms with Crippen LogP contribution in [0.2, 0.25) is 5.02 Å². The molecule has 1 unspecified atom stereocenters. The summed E-state index contributed by atoms with van der Waals surface area (Å²) in [7, 11) is 1.56. The van der Waals surface area contributed by atoms with Crippen LogP contribution in [0.4, 0.5) is 5.69 Å². The van der Waals surface area contributed by atoms with Crippen LogP contribution < -0.4 is 9.64 Å². The Balaban J connectivity index is 1.42. The first-order valence-electron chi connectivity index (χ1n) is 9.47. The number of carbonyl (C=O) groups excluding carboxylic acids is 2. The van der Waals surface area contributed by atoms with E-state index in [1.165, 1.54) is 0 Å². The zero-order chi connectivity index (χ0) is 19.7. The third-order valence-corrected chi connectivity index (χ3v) is 5.86. The lowest BCUT2D eigenvalue weighted by atomic mass is 10.0. The Hall–Kier alpha value is -2.54. The van der Waals surface area contributed by atoms with E-state index < -0.39 is 0 Å². The van der Waals surface area contributed by atoms with Gasteiger partial charge in [-0.15, -0.1) is 0 Å². The Morgan fingerprint density at radius 1 is 1.29 bits per heavy atom. The largest absolute Gasteiger partial charge is 0.495 e. The summed E-state index contributed by atoms with van der Waals surface area (Å²) in [5, 5.41) is 0.528. The normalized spacial score (nSPS) is 20.6. The number of aromatic nitrogens is 2. The van der Waals surface area contributed by atoms with Crippen LogP contribution in [0.3, 0.4) is 0 Å². The first-order chi connectivity index (χ1) is 13.6. The van der Waals surface area contributed by atoms with Gasteiger partial charge in [-0.3, -0.25) is 9.59 Å². The van der Waals surface area contributed by atoms with Crippen molar-refractivity contribution in [1.82, 2.24) is 14.5 Å². The molecule has 0 aliphatic carbocycles. The molecule has 1 aromatic heterocycles. The zero-order valence-electron chi connectivity index (χ0n) is 15.8. The standard InChI is InChI=1S/C20H23ClN4O3/c1-28-18-3-2-15(21)11-17(18)25-12-14(10-19(25)26)20(27)23-7-4-16(5-8-23)24-9-6-22-13-24/h2-3,6,9,11,13-14,16H,4-5,7-8,10,12H2,1H3. The first-order valence-corrected chi connectivity index (χ1v) is 9.84. The molecular formula is C20H23ClN4O3. The summed E-state index contributed by atoms with van der Waals surface area (Å²) < 4.78 is 7.47. The Morgan fingerprint density at radius 2 is 2.07 bits per heavy atom. The van der Waals surface area contributed by atoms with Gasteiger partial charge in [-0.1, -0.05) is 11.6 Å². The molecule has 2 saturated heterocycles. The van der Waals surface area contributed by atoms with E-state index in [2.05, 4.69) is 9.55 Å². The van der Waals surface area contributed by atoms with Crippen molar-refractivity contribution in [1.29, 1.82) is 0 Å². The summed E-state index contributed by atoms with van der Waals surface area (Å²) >= 11 is 6.10. The van der Waals surface area contributed by atoms with Crippen molar-refractivity contribution in [2.45, 2.75) is 25.3 Å². The van der Waals surface area contributed by atoms with Crippen molar-refractivity contribution >= 4 is 29.1 Å².